The number of aliphatic carboxylic acids is 1. The second kappa shape index (κ2) is 9.93. The highest BCUT2D eigenvalue weighted by Crippen LogP contribution is 2.24. The molecule has 0 bridgehead atoms. The Morgan fingerprint density at radius 3 is 1.81 bits per heavy atom. The van der Waals surface area contributed by atoms with Gasteiger partial charge in [-0.15, -0.1) is 0 Å². The van der Waals surface area contributed by atoms with Crippen molar-refractivity contribution in [1.29, 1.82) is 0 Å². The van der Waals surface area contributed by atoms with Crippen LogP contribution in [0.1, 0.15) is 30.4 Å². The molecule has 0 atom stereocenters. The number of benzene rings is 2. The fourth-order valence-electron chi connectivity index (χ4n) is 3.32. The first-order valence-electron chi connectivity index (χ1n) is 9.79. The van der Waals surface area contributed by atoms with Gasteiger partial charge in [0.2, 0.25) is 5.91 Å². The fourth-order valence-corrected chi connectivity index (χ4v) is 3.32. The molecule has 2 aromatic carbocycles. The Morgan fingerprint density at radius 1 is 0.871 bits per heavy atom. The molecule has 1 heterocycles. The maximum Gasteiger partial charge on any atom is 0.303 e. The average Bonchev–Trinajstić information content (AvgIpc) is 2.73. The van der Waals surface area contributed by atoms with Crippen LogP contribution in [0, 0.1) is 11.6 Å². The van der Waals surface area contributed by atoms with Crippen LogP contribution in [0.3, 0.4) is 0 Å². The number of ketones is 1. The number of carbonyl (C=O) groups excluding carboxylic acids is 2. The molecule has 160 valence electrons. The van der Waals surface area contributed by atoms with Crippen LogP contribution in [-0.4, -0.2) is 40.8 Å². The molecule has 5 nitrogen and oxygen atoms in total. The minimum Gasteiger partial charge on any atom is -0.481 e. The molecule has 0 radical (unpaired) electrons. The summed E-state index contributed by atoms with van der Waals surface area (Å²) in [4.78, 5) is 37.8. The van der Waals surface area contributed by atoms with Crippen LogP contribution in [0.2, 0.25) is 0 Å². The molecule has 0 spiro atoms. The zero-order valence-electron chi connectivity index (χ0n) is 16.7. The molecule has 0 aliphatic carbocycles. The Balaban J connectivity index is 1.94. The number of likely N-dealkylation sites (tertiary alicyclic amines) is 1. The summed E-state index contributed by atoms with van der Waals surface area (Å²) in [5.41, 5.74) is 0.809. The number of carboxylic acids is 1. The molecule has 0 unspecified atom stereocenters. The fraction of sp³-hybridized carbons (Fsp3) is 0.208. The van der Waals surface area contributed by atoms with E-state index in [1.54, 1.807) is 12.1 Å². The van der Waals surface area contributed by atoms with Gasteiger partial charge in [-0.05, 0) is 30.7 Å². The number of hydrogen-bond donors (Lipinski definition) is 1. The van der Waals surface area contributed by atoms with E-state index >= 15 is 0 Å². The van der Waals surface area contributed by atoms with Crippen molar-refractivity contribution in [2.45, 2.75) is 19.3 Å². The number of hydrogen-bond acceptors (Lipinski definition) is 3. The molecule has 1 aliphatic heterocycles. The van der Waals surface area contributed by atoms with Gasteiger partial charge in [0.15, 0.2) is 5.78 Å². The molecule has 2 aromatic rings. The van der Waals surface area contributed by atoms with E-state index in [1.165, 1.54) is 53.5 Å². The molecule has 7 heteroatoms. The van der Waals surface area contributed by atoms with Crippen molar-refractivity contribution in [1.82, 2.24) is 4.90 Å². The van der Waals surface area contributed by atoms with Crippen molar-refractivity contribution in [2.75, 3.05) is 13.1 Å². The summed E-state index contributed by atoms with van der Waals surface area (Å²) < 4.78 is 28.2. The lowest BCUT2D eigenvalue weighted by Gasteiger charge is -2.30. The third-order valence-corrected chi connectivity index (χ3v) is 4.91. The van der Waals surface area contributed by atoms with Crippen molar-refractivity contribution in [3.8, 4) is 0 Å². The molecular weight excluding hydrogens is 404 g/mol. The van der Waals surface area contributed by atoms with E-state index in [4.69, 9.17) is 5.11 Å². The third-order valence-electron chi connectivity index (χ3n) is 4.91. The number of rotatable bonds is 6. The van der Waals surface area contributed by atoms with Gasteiger partial charge in [0.05, 0.1) is 0 Å². The molecule has 1 amide bonds. The van der Waals surface area contributed by atoms with Crippen LogP contribution in [-0.2, 0) is 14.4 Å². The standard InChI is InChI=1S/C24H21F2NO4/c25-20-8-3-1-6-16(20)12-18-14-27(22(28)10-5-11-23(29)30)15-19(24(18)31)13-17-7-2-4-9-21(17)26/h1-4,6-9,12-13H,5,10-11,14-15H2,(H,29,30)/b18-12+,19-13+. The van der Waals surface area contributed by atoms with E-state index in [9.17, 15) is 23.2 Å². The van der Waals surface area contributed by atoms with Crippen molar-refractivity contribution in [2.24, 2.45) is 0 Å². The average molecular weight is 425 g/mol. The molecule has 31 heavy (non-hydrogen) atoms. The van der Waals surface area contributed by atoms with Crippen LogP contribution < -0.4 is 0 Å². The number of Topliss-reactive ketones (excluding diaryl/α,β-unsaturated/α-hetero) is 1. The Labute approximate surface area is 178 Å². The summed E-state index contributed by atoms with van der Waals surface area (Å²) in [5.74, 6) is -2.73. The van der Waals surface area contributed by atoms with E-state index in [0.717, 1.165) is 0 Å². The second-order valence-electron chi connectivity index (χ2n) is 7.21. The van der Waals surface area contributed by atoms with Gasteiger partial charge in [-0.1, -0.05) is 36.4 Å². The highest BCUT2D eigenvalue weighted by molar-refractivity contribution is 6.15. The van der Waals surface area contributed by atoms with Crippen molar-refractivity contribution in [3.63, 3.8) is 0 Å². The summed E-state index contributed by atoms with van der Waals surface area (Å²) in [7, 11) is 0. The smallest absolute Gasteiger partial charge is 0.303 e. The molecule has 1 N–H and O–H groups in total. The first-order chi connectivity index (χ1) is 14.8. The van der Waals surface area contributed by atoms with E-state index in [2.05, 4.69) is 0 Å². The maximum atomic E-state index is 14.1. The van der Waals surface area contributed by atoms with E-state index in [0.29, 0.717) is 0 Å². The summed E-state index contributed by atoms with van der Waals surface area (Å²) >= 11 is 0. The highest BCUT2D eigenvalue weighted by Gasteiger charge is 2.29. The predicted molar refractivity (Wildman–Crippen MR) is 112 cm³/mol. The minimum atomic E-state index is -0.998. The van der Waals surface area contributed by atoms with Crippen molar-refractivity contribution in [3.05, 3.63) is 82.4 Å². The minimum absolute atomic E-state index is 0.000443. The number of halogens is 2. The summed E-state index contributed by atoms with van der Waals surface area (Å²) in [6.07, 6.45) is 2.80. The Bertz CT molecular complexity index is 1010. The van der Waals surface area contributed by atoms with Crippen LogP contribution >= 0.6 is 0 Å². The topological polar surface area (TPSA) is 74.7 Å². The lowest BCUT2D eigenvalue weighted by molar-refractivity contribution is -0.137. The van der Waals surface area contributed by atoms with E-state index < -0.39 is 17.6 Å². The number of amides is 1. The predicted octanol–water partition coefficient (Wildman–Crippen LogP) is 4.10. The first kappa shape index (κ1) is 22.1. The lowest BCUT2D eigenvalue weighted by Crippen LogP contribution is -2.41. The quantitative estimate of drug-likeness (QED) is 0.708. The first-order valence-corrected chi connectivity index (χ1v) is 9.79. The van der Waals surface area contributed by atoms with Gasteiger partial charge in [0.25, 0.3) is 0 Å². The van der Waals surface area contributed by atoms with Crippen LogP contribution in [0.5, 0.6) is 0 Å². The van der Waals surface area contributed by atoms with Crippen LogP contribution in [0.15, 0.2) is 59.7 Å². The monoisotopic (exact) mass is 425 g/mol. The largest absolute Gasteiger partial charge is 0.481 e. The van der Waals surface area contributed by atoms with Gasteiger partial charge in [-0.3, -0.25) is 14.4 Å². The van der Waals surface area contributed by atoms with Gasteiger partial charge >= 0.3 is 5.97 Å². The highest BCUT2D eigenvalue weighted by atomic mass is 19.1. The summed E-state index contributed by atoms with van der Waals surface area (Å²) in [6, 6.07) is 11.9. The molecule has 1 saturated heterocycles. The molecule has 3 rings (SSSR count). The molecule has 1 fully saturated rings. The lowest BCUT2D eigenvalue weighted by atomic mass is 9.93. The van der Waals surface area contributed by atoms with Gasteiger partial charge in [-0.2, -0.15) is 0 Å². The normalized spacial score (nSPS) is 16.7. The Kier molecular flexibility index (Phi) is 7.07. The Morgan fingerprint density at radius 2 is 1.35 bits per heavy atom. The van der Waals surface area contributed by atoms with Gasteiger partial charge < -0.3 is 10.0 Å². The van der Waals surface area contributed by atoms with Crippen molar-refractivity contribution < 1.29 is 28.3 Å². The van der Waals surface area contributed by atoms with Gasteiger partial charge in [-0.25, -0.2) is 8.78 Å². The van der Waals surface area contributed by atoms with Crippen LogP contribution in [0.25, 0.3) is 12.2 Å². The maximum absolute atomic E-state index is 14.1. The van der Waals surface area contributed by atoms with Gasteiger partial charge in [0.1, 0.15) is 11.6 Å². The number of piperidine rings is 1. The SMILES string of the molecule is O=C(O)CCCC(=O)N1C/C(=C\c2ccccc2F)C(=O)/C(=C/c2ccccc2F)C1. The summed E-state index contributed by atoms with van der Waals surface area (Å²) in [5, 5.41) is 8.78. The summed E-state index contributed by atoms with van der Waals surface area (Å²) in [6.45, 7) is -0.0681. The van der Waals surface area contributed by atoms with E-state index in [1.807, 2.05) is 0 Å². The zero-order chi connectivity index (χ0) is 22.4. The van der Waals surface area contributed by atoms with Gasteiger partial charge in [0, 0.05) is 48.2 Å². The van der Waals surface area contributed by atoms with Crippen LogP contribution in [0.4, 0.5) is 8.78 Å². The third kappa shape index (κ3) is 5.72. The number of carbonyl (C=O) groups is 3. The second-order valence-corrected chi connectivity index (χ2v) is 7.21. The number of nitrogens with zero attached hydrogens (tertiary/aromatic N) is 1. The Hall–Kier alpha value is -3.61. The number of carboxylic acid groups (broad SMARTS) is 1. The zero-order valence-corrected chi connectivity index (χ0v) is 16.7. The molecule has 0 saturated carbocycles. The van der Waals surface area contributed by atoms with E-state index in [-0.39, 0.29) is 66.3 Å². The molecule has 1 aliphatic rings. The molecular formula is C24H21F2NO4. The van der Waals surface area contributed by atoms with Crippen molar-refractivity contribution >= 4 is 29.8 Å². The molecule has 0 aromatic heterocycles.